The highest BCUT2D eigenvalue weighted by atomic mass is 16.5. The number of carboxylic acid groups (broad SMARTS) is 1. The van der Waals surface area contributed by atoms with E-state index >= 15 is 0 Å². The zero-order valence-electron chi connectivity index (χ0n) is 11.5. The third-order valence-electron chi connectivity index (χ3n) is 2.78. The van der Waals surface area contributed by atoms with Crippen LogP contribution in [0.25, 0.3) is 11.3 Å². The number of aryl methyl sites for hydroxylation is 2. The number of aromatic carboxylic acids is 1. The molecule has 2 heterocycles. The van der Waals surface area contributed by atoms with Gasteiger partial charge in [0.05, 0.1) is 6.20 Å². The van der Waals surface area contributed by atoms with Gasteiger partial charge in [-0.3, -0.25) is 4.68 Å². The number of hydrogen-bond acceptors (Lipinski definition) is 5. The van der Waals surface area contributed by atoms with E-state index in [1.54, 1.807) is 28.8 Å². The molecule has 0 aliphatic rings. The number of rotatable bonds is 7. The lowest BCUT2D eigenvalue weighted by Crippen LogP contribution is -2.07. The molecule has 2 rings (SSSR count). The molecule has 0 amide bonds. The Hall–Kier alpha value is -2.22. The predicted octanol–water partition coefficient (Wildman–Crippen LogP) is 0.803. The van der Waals surface area contributed by atoms with Crippen molar-refractivity contribution in [2.24, 2.45) is 7.05 Å². The first-order chi connectivity index (χ1) is 9.63. The normalized spacial score (nSPS) is 10.9. The fraction of sp³-hybridized carbons (Fsp3) is 0.500. The van der Waals surface area contributed by atoms with Crippen LogP contribution in [0, 0.1) is 0 Å². The maximum absolute atomic E-state index is 11.2. The van der Waals surface area contributed by atoms with E-state index in [0.29, 0.717) is 31.0 Å². The number of carboxylic acids is 1. The molecule has 2 aromatic heterocycles. The molecular weight excluding hydrogens is 262 g/mol. The summed E-state index contributed by atoms with van der Waals surface area (Å²) in [4.78, 5) is 11.2. The Morgan fingerprint density at radius 2 is 2.30 bits per heavy atom. The number of carbonyl (C=O) groups is 1. The second-order valence-corrected chi connectivity index (χ2v) is 4.27. The Morgan fingerprint density at radius 3 is 2.90 bits per heavy atom. The summed E-state index contributed by atoms with van der Waals surface area (Å²) >= 11 is 0. The third-order valence-corrected chi connectivity index (χ3v) is 2.78. The molecule has 0 aromatic carbocycles. The maximum atomic E-state index is 11.2. The molecule has 1 N–H and O–H groups in total. The van der Waals surface area contributed by atoms with E-state index in [0.717, 1.165) is 6.42 Å². The van der Waals surface area contributed by atoms with Crippen molar-refractivity contribution in [3.05, 3.63) is 18.1 Å². The van der Waals surface area contributed by atoms with Gasteiger partial charge in [0.25, 0.3) is 0 Å². The Balaban J connectivity index is 2.26. The summed E-state index contributed by atoms with van der Waals surface area (Å²) in [6.45, 7) is 3.74. The first kappa shape index (κ1) is 14.2. The smallest absolute Gasteiger partial charge is 0.358 e. The first-order valence-electron chi connectivity index (χ1n) is 6.37. The second kappa shape index (κ2) is 6.29. The van der Waals surface area contributed by atoms with Crippen LogP contribution < -0.4 is 0 Å². The van der Waals surface area contributed by atoms with Gasteiger partial charge in [0.15, 0.2) is 5.69 Å². The molecule has 0 saturated carbocycles. The van der Waals surface area contributed by atoms with Crippen LogP contribution in [0.15, 0.2) is 12.4 Å². The lowest BCUT2D eigenvalue weighted by Gasteiger charge is -2.05. The van der Waals surface area contributed by atoms with Crippen LogP contribution in [0.5, 0.6) is 0 Å². The molecule has 0 fully saturated rings. The van der Waals surface area contributed by atoms with Crippen molar-refractivity contribution >= 4 is 5.97 Å². The van der Waals surface area contributed by atoms with Crippen LogP contribution in [-0.2, 0) is 18.3 Å². The van der Waals surface area contributed by atoms with E-state index in [-0.39, 0.29) is 5.69 Å². The van der Waals surface area contributed by atoms with Crippen LogP contribution in [-0.4, -0.2) is 49.1 Å². The molecule has 0 spiro atoms. The highest BCUT2D eigenvalue weighted by Gasteiger charge is 2.21. The molecule has 0 unspecified atom stereocenters. The van der Waals surface area contributed by atoms with Crippen LogP contribution in [0.4, 0.5) is 0 Å². The summed E-state index contributed by atoms with van der Waals surface area (Å²) in [5, 5.41) is 20.9. The van der Waals surface area contributed by atoms with Gasteiger partial charge in [-0.25, -0.2) is 9.48 Å². The first-order valence-corrected chi connectivity index (χ1v) is 6.37. The molecule has 0 aliphatic heterocycles. The minimum absolute atomic E-state index is 0.0607. The van der Waals surface area contributed by atoms with Crippen molar-refractivity contribution in [2.45, 2.75) is 19.9 Å². The van der Waals surface area contributed by atoms with Crippen molar-refractivity contribution < 1.29 is 14.6 Å². The lowest BCUT2D eigenvalue weighted by molar-refractivity contribution is 0.0691. The van der Waals surface area contributed by atoms with Gasteiger partial charge in [0.2, 0.25) is 0 Å². The number of aromatic nitrogens is 5. The highest BCUT2D eigenvalue weighted by molar-refractivity contribution is 5.92. The molecular formula is C12H17N5O3. The van der Waals surface area contributed by atoms with Crippen LogP contribution in [0.2, 0.25) is 0 Å². The quantitative estimate of drug-likeness (QED) is 0.753. The molecule has 2 aromatic rings. The maximum Gasteiger partial charge on any atom is 0.358 e. The van der Waals surface area contributed by atoms with E-state index < -0.39 is 5.97 Å². The Kier molecular flexibility index (Phi) is 4.46. The minimum Gasteiger partial charge on any atom is -0.476 e. The molecule has 0 saturated heterocycles. The summed E-state index contributed by atoms with van der Waals surface area (Å²) < 4.78 is 8.46. The molecule has 0 bridgehead atoms. The van der Waals surface area contributed by atoms with Gasteiger partial charge in [-0.15, -0.1) is 5.10 Å². The molecule has 108 valence electrons. The van der Waals surface area contributed by atoms with Gasteiger partial charge in [-0.2, -0.15) is 5.10 Å². The van der Waals surface area contributed by atoms with E-state index in [1.165, 1.54) is 0 Å². The fourth-order valence-corrected chi connectivity index (χ4v) is 1.90. The van der Waals surface area contributed by atoms with Crippen molar-refractivity contribution in [3.63, 3.8) is 0 Å². The Morgan fingerprint density at radius 1 is 1.50 bits per heavy atom. The monoisotopic (exact) mass is 279 g/mol. The van der Waals surface area contributed by atoms with Crippen molar-refractivity contribution in [2.75, 3.05) is 13.2 Å². The molecule has 0 radical (unpaired) electrons. The zero-order chi connectivity index (χ0) is 14.5. The largest absolute Gasteiger partial charge is 0.476 e. The zero-order valence-corrected chi connectivity index (χ0v) is 11.5. The van der Waals surface area contributed by atoms with Gasteiger partial charge in [0, 0.05) is 38.6 Å². The van der Waals surface area contributed by atoms with Crippen LogP contribution >= 0.6 is 0 Å². The van der Waals surface area contributed by atoms with Crippen molar-refractivity contribution in [1.82, 2.24) is 24.8 Å². The standard InChI is InChI=1S/C12H17N5O3/c1-3-20-6-4-5-17-11(9-7-13-16(2)8-9)10(12(18)19)14-15-17/h7-8H,3-6H2,1-2H3,(H,18,19). The van der Waals surface area contributed by atoms with Crippen molar-refractivity contribution in [3.8, 4) is 11.3 Å². The SMILES string of the molecule is CCOCCCn1nnc(C(=O)O)c1-c1cnn(C)c1. The molecule has 0 atom stereocenters. The third kappa shape index (κ3) is 3.02. The van der Waals surface area contributed by atoms with Crippen molar-refractivity contribution in [1.29, 1.82) is 0 Å². The topological polar surface area (TPSA) is 95.1 Å². The summed E-state index contributed by atoms with van der Waals surface area (Å²) in [6, 6.07) is 0. The summed E-state index contributed by atoms with van der Waals surface area (Å²) in [7, 11) is 1.77. The molecule has 20 heavy (non-hydrogen) atoms. The van der Waals surface area contributed by atoms with Crippen LogP contribution in [0.1, 0.15) is 23.8 Å². The second-order valence-electron chi connectivity index (χ2n) is 4.27. The van der Waals surface area contributed by atoms with Gasteiger partial charge >= 0.3 is 5.97 Å². The number of nitrogens with zero attached hydrogens (tertiary/aromatic N) is 5. The summed E-state index contributed by atoms with van der Waals surface area (Å²) in [6.07, 6.45) is 4.08. The average Bonchev–Trinajstić information content (AvgIpc) is 3.00. The highest BCUT2D eigenvalue weighted by Crippen LogP contribution is 2.21. The Bertz CT molecular complexity index is 590. The fourth-order valence-electron chi connectivity index (χ4n) is 1.90. The van der Waals surface area contributed by atoms with Gasteiger partial charge in [0.1, 0.15) is 5.69 Å². The number of hydrogen-bond donors (Lipinski definition) is 1. The van der Waals surface area contributed by atoms with Gasteiger partial charge in [-0.05, 0) is 13.3 Å². The Labute approximate surface area is 116 Å². The predicted molar refractivity (Wildman–Crippen MR) is 70.3 cm³/mol. The summed E-state index contributed by atoms with van der Waals surface area (Å²) in [5.41, 5.74) is 1.10. The van der Waals surface area contributed by atoms with Gasteiger partial charge < -0.3 is 9.84 Å². The molecule has 8 nitrogen and oxygen atoms in total. The minimum atomic E-state index is -1.10. The van der Waals surface area contributed by atoms with E-state index in [9.17, 15) is 9.90 Å². The van der Waals surface area contributed by atoms with E-state index in [4.69, 9.17) is 4.74 Å². The lowest BCUT2D eigenvalue weighted by atomic mass is 10.2. The van der Waals surface area contributed by atoms with E-state index in [2.05, 4.69) is 15.4 Å². The molecule has 8 heteroatoms. The summed E-state index contributed by atoms with van der Waals surface area (Å²) in [5.74, 6) is -1.10. The number of ether oxygens (including phenoxy) is 1. The van der Waals surface area contributed by atoms with Gasteiger partial charge in [-0.1, -0.05) is 5.21 Å². The van der Waals surface area contributed by atoms with E-state index in [1.807, 2.05) is 6.92 Å². The average molecular weight is 279 g/mol. The van der Waals surface area contributed by atoms with Crippen LogP contribution in [0.3, 0.4) is 0 Å². The molecule has 0 aliphatic carbocycles.